The van der Waals surface area contributed by atoms with Gasteiger partial charge in [0.15, 0.2) is 17.5 Å². The Morgan fingerprint density at radius 1 is 0.231 bits per heavy atom. The number of aromatic nitrogens is 3. The van der Waals surface area contributed by atoms with Gasteiger partial charge in [0.05, 0.1) is 0 Å². The third-order valence-electron chi connectivity index (χ3n) is 12.4. The molecule has 0 unspecified atom stereocenters. The Kier molecular flexibility index (Phi) is 9.70. The molecule has 0 aliphatic rings. The van der Waals surface area contributed by atoms with E-state index in [0.717, 1.165) is 44.5 Å². The molecule has 0 aliphatic heterocycles. The summed E-state index contributed by atoms with van der Waals surface area (Å²) in [6.07, 6.45) is 0. The highest BCUT2D eigenvalue weighted by molar-refractivity contribution is 7.25. The summed E-state index contributed by atoms with van der Waals surface area (Å²) in [4.78, 5) is 15.7. The summed E-state index contributed by atoms with van der Waals surface area (Å²) in [6, 6.07) is 84.1. The SMILES string of the molecule is c1ccc(-c2ccccc2-c2nc(-c3ccc(-c4ccc(-c5cccc(-c6cccc7sc8ccccc8c67)c5)c5ccccc45)cc3)nc(-c3ccccc3-c3ccccc3)n2)cc1. The molecule has 0 spiro atoms. The lowest BCUT2D eigenvalue weighted by Gasteiger charge is -2.15. The van der Waals surface area contributed by atoms with Crippen LogP contribution in [0.3, 0.4) is 0 Å². The average Bonchev–Trinajstić information content (AvgIpc) is 3.78. The van der Waals surface area contributed by atoms with Crippen LogP contribution in [0.1, 0.15) is 0 Å². The molecule has 2 heterocycles. The average molecular weight is 846 g/mol. The van der Waals surface area contributed by atoms with Gasteiger partial charge in [0, 0.05) is 36.9 Å². The van der Waals surface area contributed by atoms with Gasteiger partial charge in [-0.15, -0.1) is 11.3 Å². The third kappa shape index (κ3) is 7.07. The Labute approximate surface area is 381 Å². The number of fused-ring (bicyclic) bond motifs is 4. The standard InChI is InChI=1S/C61H39N3S/c1-3-17-40(18-4-1)46-23-7-11-27-53(46)60-62-59(63-61(64-60)54-28-12-8-24-47(54)41-19-5-2-6-20-41)43-35-33-42(34-36-43)48-37-38-49(52-26-10-9-25-51(48)52)44-21-15-22-45(39-44)50-30-16-32-57-58(50)55-29-13-14-31-56(55)65-57/h1-39H. The zero-order valence-electron chi connectivity index (χ0n) is 35.3. The largest absolute Gasteiger partial charge is 0.208 e. The van der Waals surface area contributed by atoms with E-state index in [4.69, 9.17) is 15.0 Å². The molecular weight excluding hydrogens is 807 g/mol. The predicted octanol–water partition coefficient (Wildman–Crippen LogP) is 16.7. The van der Waals surface area contributed by atoms with Gasteiger partial charge >= 0.3 is 0 Å². The van der Waals surface area contributed by atoms with Gasteiger partial charge in [-0.1, -0.05) is 218 Å². The van der Waals surface area contributed by atoms with Crippen LogP contribution >= 0.6 is 11.3 Å². The van der Waals surface area contributed by atoms with Crippen molar-refractivity contribution in [3.8, 4) is 89.8 Å². The van der Waals surface area contributed by atoms with E-state index < -0.39 is 0 Å². The van der Waals surface area contributed by atoms with Crippen LogP contribution in [0.2, 0.25) is 0 Å². The van der Waals surface area contributed by atoms with E-state index in [0.29, 0.717) is 17.5 Å². The lowest BCUT2D eigenvalue weighted by atomic mass is 9.90. The maximum Gasteiger partial charge on any atom is 0.164 e. The van der Waals surface area contributed by atoms with Gasteiger partial charge in [-0.2, -0.15) is 0 Å². The molecule has 65 heavy (non-hydrogen) atoms. The van der Waals surface area contributed by atoms with Crippen molar-refractivity contribution in [2.45, 2.75) is 0 Å². The van der Waals surface area contributed by atoms with E-state index in [1.807, 2.05) is 23.5 Å². The molecule has 0 aliphatic carbocycles. The van der Waals surface area contributed by atoms with Gasteiger partial charge in [-0.25, -0.2) is 15.0 Å². The van der Waals surface area contributed by atoms with E-state index in [2.05, 4.69) is 224 Å². The minimum atomic E-state index is 0.619. The minimum absolute atomic E-state index is 0.619. The van der Waals surface area contributed by atoms with Gasteiger partial charge in [0.2, 0.25) is 0 Å². The van der Waals surface area contributed by atoms with Crippen LogP contribution in [0, 0.1) is 0 Å². The zero-order valence-corrected chi connectivity index (χ0v) is 36.1. The van der Waals surface area contributed by atoms with E-state index in [9.17, 15) is 0 Å². The summed E-state index contributed by atoms with van der Waals surface area (Å²) in [7, 11) is 0. The van der Waals surface area contributed by atoms with Crippen LogP contribution in [0.5, 0.6) is 0 Å². The maximum atomic E-state index is 5.23. The van der Waals surface area contributed by atoms with Crippen LogP contribution < -0.4 is 0 Å². The Morgan fingerprint density at radius 2 is 0.631 bits per heavy atom. The van der Waals surface area contributed by atoms with Crippen molar-refractivity contribution in [3.05, 3.63) is 237 Å². The quantitative estimate of drug-likeness (QED) is 0.153. The number of thiophene rings is 1. The first kappa shape index (κ1) is 38.4. The Morgan fingerprint density at radius 3 is 1.25 bits per heavy atom. The van der Waals surface area contributed by atoms with E-state index in [1.54, 1.807) is 0 Å². The molecule has 10 aromatic carbocycles. The highest BCUT2D eigenvalue weighted by Crippen LogP contribution is 2.43. The first-order valence-electron chi connectivity index (χ1n) is 21.9. The fourth-order valence-electron chi connectivity index (χ4n) is 9.31. The van der Waals surface area contributed by atoms with E-state index >= 15 is 0 Å². The van der Waals surface area contributed by atoms with Crippen LogP contribution in [0.15, 0.2) is 237 Å². The van der Waals surface area contributed by atoms with Crippen molar-refractivity contribution in [1.82, 2.24) is 15.0 Å². The summed E-state index contributed by atoms with van der Waals surface area (Å²) >= 11 is 1.86. The van der Waals surface area contributed by atoms with Gasteiger partial charge in [0.1, 0.15) is 0 Å². The Balaban J connectivity index is 0.946. The normalized spacial score (nSPS) is 11.4. The van der Waals surface area contributed by atoms with Crippen LogP contribution in [0.25, 0.3) is 121 Å². The predicted molar refractivity (Wildman–Crippen MR) is 274 cm³/mol. The molecule has 0 atom stereocenters. The van der Waals surface area contributed by atoms with Gasteiger partial charge in [-0.05, 0) is 84.6 Å². The molecule has 3 nitrogen and oxygen atoms in total. The van der Waals surface area contributed by atoms with Gasteiger partial charge in [-0.3, -0.25) is 0 Å². The fraction of sp³-hybridized carbons (Fsp3) is 0. The first-order valence-corrected chi connectivity index (χ1v) is 22.7. The molecule has 0 bridgehead atoms. The second kappa shape index (κ2) is 16.4. The summed E-state index contributed by atoms with van der Waals surface area (Å²) in [5.74, 6) is 1.87. The molecule has 4 heteroatoms. The lowest BCUT2D eigenvalue weighted by molar-refractivity contribution is 1.07. The number of hydrogen-bond donors (Lipinski definition) is 0. The van der Waals surface area contributed by atoms with Crippen molar-refractivity contribution in [2.75, 3.05) is 0 Å². The lowest BCUT2D eigenvalue weighted by Crippen LogP contribution is -2.02. The number of benzene rings is 10. The molecule has 304 valence electrons. The monoisotopic (exact) mass is 845 g/mol. The van der Waals surface area contributed by atoms with Crippen molar-refractivity contribution in [3.63, 3.8) is 0 Å². The van der Waals surface area contributed by atoms with Crippen molar-refractivity contribution in [1.29, 1.82) is 0 Å². The molecular formula is C61H39N3S. The zero-order chi connectivity index (χ0) is 43.1. The second-order valence-electron chi connectivity index (χ2n) is 16.3. The number of nitrogens with zero attached hydrogens (tertiary/aromatic N) is 3. The topological polar surface area (TPSA) is 38.7 Å². The molecule has 0 radical (unpaired) electrons. The smallest absolute Gasteiger partial charge is 0.164 e. The summed E-state index contributed by atoms with van der Waals surface area (Å²) in [5, 5.41) is 5.06. The second-order valence-corrected chi connectivity index (χ2v) is 17.4. The molecule has 0 N–H and O–H groups in total. The van der Waals surface area contributed by atoms with Crippen LogP contribution in [-0.2, 0) is 0 Å². The van der Waals surface area contributed by atoms with Crippen molar-refractivity contribution in [2.24, 2.45) is 0 Å². The molecule has 12 rings (SSSR count). The number of hydrogen-bond acceptors (Lipinski definition) is 4. The highest BCUT2D eigenvalue weighted by atomic mass is 32.1. The molecule has 2 aromatic heterocycles. The van der Waals surface area contributed by atoms with Crippen molar-refractivity contribution < 1.29 is 0 Å². The fourth-order valence-corrected chi connectivity index (χ4v) is 10.4. The van der Waals surface area contributed by atoms with Crippen LogP contribution in [0.4, 0.5) is 0 Å². The number of rotatable bonds is 8. The van der Waals surface area contributed by atoms with Gasteiger partial charge < -0.3 is 0 Å². The Hall–Kier alpha value is -8.31. The minimum Gasteiger partial charge on any atom is -0.208 e. The molecule has 12 aromatic rings. The van der Waals surface area contributed by atoms with E-state index in [-0.39, 0.29) is 0 Å². The highest BCUT2D eigenvalue weighted by Gasteiger charge is 2.19. The maximum absolute atomic E-state index is 5.23. The summed E-state index contributed by atoms with van der Waals surface area (Å²) in [5.41, 5.74) is 14.4. The van der Waals surface area contributed by atoms with Crippen LogP contribution in [-0.4, -0.2) is 15.0 Å². The molecule has 0 amide bonds. The molecule has 0 saturated carbocycles. The third-order valence-corrected chi connectivity index (χ3v) is 13.5. The molecule has 0 fully saturated rings. The van der Waals surface area contributed by atoms with Gasteiger partial charge in [0.25, 0.3) is 0 Å². The van der Waals surface area contributed by atoms with Crippen molar-refractivity contribution >= 4 is 42.3 Å². The summed E-state index contributed by atoms with van der Waals surface area (Å²) in [6.45, 7) is 0. The Bertz CT molecular complexity index is 3610. The summed E-state index contributed by atoms with van der Waals surface area (Å²) < 4.78 is 2.63. The first-order chi connectivity index (χ1) is 32.2. The van der Waals surface area contributed by atoms with E-state index in [1.165, 1.54) is 58.8 Å². The molecule has 0 saturated heterocycles.